The molecule has 2 N–H and O–H groups in total. The van der Waals surface area contributed by atoms with Gasteiger partial charge in [0, 0.05) is 39.3 Å². The van der Waals surface area contributed by atoms with Crippen LogP contribution >= 0.6 is 0 Å². The molecule has 0 heterocycles. The van der Waals surface area contributed by atoms with E-state index in [4.69, 9.17) is 0 Å². The normalized spacial score (nSPS) is 18.1. The van der Waals surface area contributed by atoms with Gasteiger partial charge in [-0.25, -0.2) is 4.39 Å². The number of halogens is 1. The highest BCUT2D eigenvalue weighted by Gasteiger charge is 2.33. The second-order valence-corrected chi connectivity index (χ2v) is 7.11. The first-order valence-corrected chi connectivity index (χ1v) is 9.09. The SMILES string of the molecule is CN=C(NCCN(CC1CC1)C1CC1)NCc1ccc(C)c(F)c1. The number of nitrogens with one attached hydrogen (secondary N) is 2. The summed E-state index contributed by atoms with van der Waals surface area (Å²) in [6.45, 7) is 5.58. The van der Waals surface area contributed by atoms with Gasteiger partial charge in [0.15, 0.2) is 5.96 Å². The molecule has 0 amide bonds. The van der Waals surface area contributed by atoms with Crippen LogP contribution in [0.25, 0.3) is 0 Å². The van der Waals surface area contributed by atoms with E-state index in [1.807, 2.05) is 12.1 Å². The van der Waals surface area contributed by atoms with Crippen LogP contribution in [-0.4, -0.2) is 43.6 Å². The maximum atomic E-state index is 13.6. The summed E-state index contributed by atoms with van der Waals surface area (Å²) in [7, 11) is 1.77. The summed E-state index contributed by atoms with van der Waals surface area (Å²) in [5.41, 5.74) is 1.60. The van der Waals surface area contributed by atoms with Gasteiger partial charge >= 0.3 is 0 Å². The lowest BCUT2D eigenvalue weighted by atomic mass is 10.1. The van der Waals surface area contributed by atoms with Crippen LogP contribution in [0.1, 0.15) is 36.8 Å². The average Bonchev–Trinajstić information content (AvgIpc) is 3.46. The maximum absolute atomic E-state index is 13.6. The highest BCUT2D eigenvalue weighted by Crippen LogP contribution is 2.34. The molecule has 1 aromatic rings. The molecule has 24 heavy (non-hydrogen) atoms. The van der Waals surface area contributed by atoms with Gasteiger partial charge in [0.2, 0.25) is 0 Å². The highest BCUT2D eigenvalue weighted by atomic mass is 19.1. The fraction of sp³-hybridized carbons (Fsp3) is 0.632. The van der Waals surface area contributed by atoms with Gasteiger partial charge in [0.25, 0.3) is 0 Å². The molecule has 0 aliphatic heterocycles. The van der Waals surface area contributed by atoms with E-state index in [9.17, 15) is 4.39 Å². The molecule has 0 saturated heterocycles. The summed E-state index contributed by atoms with van der Waals surface area (Å²) in [4.78, 5) is 6.89. The molecule has 0 spiro atoms. The van der Waals surface area contributed by atoms with Crippen molar-refractivity contribution in [3.8, 4) is 0 Å². The number of benzene rings is 1. The van der Waals surface area contributed by atoms with Crippen LogP contribution in [0.15, 0.2) is 23.2 Å². The molecule has 0 bridgehead atoms. The molecule has 0 aromatic heterocycles. The third-order valence-electron chi connectivity index (χ3n) is 4.86. The first kappa shape index (κ1) is 17.2. The number of hydrogen-bond donors (Lipinski definition) is 2. The van der Waals surface area contributed by atoms with E-state index in [0.717, 1.165) is 36.6 Å². The summed E-state index contributed by atoms with van der Waals surface area (Å²) in [6.07, 6.45) is 5.54. The molecular formula is C19H29FN4. The predicted molar refractivity (Wildman–Crippen MR) is 96.7 cm³/mol. The van der Waals surface area contributed by atoms with Crippen molar-refractivity contribution in [2.45, 2.75) is 45.2 Å². The van der Waals surface area contributed by atoms with Crippen molar-refractivity contribution in [3.05, 3.63) is 35.1 Å². The van der Waals surface area contributed by atoms with Crippen LogP contribution < -0.4 is 10.6 Å². The second kappa shape index (κ2) is 7.97. The summed E-state index contributed by atoms with van der Waals surface area (Å²) in [5, 5.41) is 6.63. The number of aliphatic imine (C=N–C) groups is 1. The van der Waals surface area contributed by atoms with Crippen molar-refractivity contribution < 1.29 is 4.39 Å². The molecule has 2 aliphatic rings. The first-order valence-electron chi connectivity index (χ1n) is 9.09. The van der Waals surface area contributed by atoms with Crippen molar-refractivity contribution in [1.82, 2.24) is 15.5 Å². The lowest BCUT2D eigenvalue weighted by molar-refractivity contribution is 0.256. The highest BCUT2D eigenvalue weighted by molar-refractivity contribution is 5.79. The third kappa shape index (κ3) is 5.20. The third-order valence-corrected chi connectivity index (χ3v) is 4.86. The Kier molecular flexibility index (Phi) is 5.72. The number of rotatable bonds is 8. The van der Waals surface area contributed by atoms with Crippen molar-refractivity contribution in [1.29, 1.82) is 0 Å². The van der Waals surface area contributed by atoms with E-state index < -0.39 is 0 Å². The Bertz CT molecular complexity index is 579. The summed E-state index contributed by atoms with van der Waals surface area (Å²) >= 11 is 0. The molecule has 0 atom stereocenters. The Labute approximate surface area is 144 Å². The zero-order valence-corrected chi connectivity index (χ0v) is 14.8. The minimum atomic E-state index is -0.155. The van der Waals surface area contributed by atoms with E-state index in [1.165, 1.54) is 32.2 Å². The molecule has 1 aromatic carbocycles. The Balaban J connectivity index is 1.40. The molecule has 2 saturated carbocycles. The molecule has 5 heteroatoms. The van der Waals surface area contributed by atoms with Crippen LogP contribution in [0, 0.1) is 18.7 Å². The predicted octanol–water partition coefficient (Wildman–Crippen LogP) is 2.67. The van der Waals surface area contributed by atoms with Crippen LogP contribution in [0.2, 0.25) is 0 Å². The topological polar surface area (TPSA) is 39.7 Å². The molecule has 2 aliphatic carbocycles. The first-order chi connectivity index (χ1) is 11.7. The molecule has 2 fully saturated rings. The fourth-order valence-electron chi connectivity index (χ4n) is 2.97. The standard InChI is InChI=1S/C19H29FN4/c1-14-3-4-16(11-18(14)20)12-23-19(21-2)22-9-10-24(17-7-8-17)13-15-5-6-15/h3-4,11,15,17H,5-10,12-13H2,1-2H3,(H2,21,22,23). The smallest absolute Gasteiger partial charge is 0.191 e. The molecule has 132 valence electrons. The molecular weight excluding hydrogens is 303 g/mol. The minimum Gasteiger partial charge on any atom is -0.355 e. The Hall–Kier alpha value is -1.62. The van der Waals surface area contributed by atoms with Crippen LogP contribution in [0.3, 0.4) is 0 Å². The monoisotopic (exact) mass is 332 g/mol. The van der Waals surface area contributed by atoms with Gasteiger partial charge in [-0.1, -0.05) is 12.1 Å². The van der Waals surface area contributed by atoms with Crippen molar-refractivity contribution >= 4 is 5.96 Å². The lowest BCUT2D eigenvalue weighted by Gasteiger charge is -2.22. The van der Waals surface area contributed by atoms with Gasteiger partial charge < -0.3 is 10.6 Å². The van der Waals surface area contributed by atoms with Crippen LogP contribution in [-0.2, 0) is 6.54 Å². The van der Waals surface area contributed by atoms with Gasteiger partial charge in [-0.15, -0.1) is 0 Å². The van der Waals surface area contributed by atoms with Gasteiger partial charge in [0.05, 0.1) is 0 Å². The zero-order valence-electron chi connectivity index (χ0n) is 14.8. The molecule has 4 nitrogen and oxygen atoms in total. The average molecular weight is 332 g/mol. The van der Waals surface area contributed by atoms with Crippen LogP contribution in [0.5, 0.6) is 0 Å². The van der Waals surface area contributed by atoms with Gasteiger partial charge in [-0.05, 0) is 55.7 Å². The summed E-state index contributed by atoms with van der Waals surface area (Å²) in [6, 6.07) is 6.16. The van der Waals surface area contributed by atoms with Crippen LogP contribution in [0.4, 0.5) is 4.39 Å². The second-order valence-electron chi connectivity index (χ2n) is 7.11. The molecule has 0 radical (unpaired) electrons. The summed E-state index contributed by atoms with van der Waals surface area (Å²) in [5.74, 6) is 1.56. The van der Waals surface area contributed by atoms with Gasteiger partial charge in [-0.3, -0.25) is 9.89 Å². The Morgan fingerprint density at radius 1 is 1.25 bits per heavy atom. The van der Waals surface area contributed by atoms with E-state index in [2.05, 4.69) is 20.5 Å². The van der Waals surface area contributed by atoms with Gasteiger partial charge in [-0.2, -0.15) is 0 Å². The molecule has 0 unspecified atom stereocenters. The summed E-state index contributed by atoms with van der Waals surface area (Å²) < 4.78 is 13.6. The number of nitrogens with zero attached hydrogens (tertiary/aromatic N) is 2. The Morgan fingerprint density at radius 2 is 2.04 bits per heavy atom. The lowest BCUT2D eigenvalue weighted by Crippen LogP contribution is -2.42. The number of guanidine groups is 1. The van der Waals surface area contributed by atoms with E-state index in [0.29, 0.717) is 12.1 Å². The maximum Gasteiger partial charge on any atom is 0.191 e. The van der Waals surface area contributed by atoms with Crippen molar-refractivity contribution in [2.24, 2.45) is 10.9 Å². The Morgan fingerprint density at radius 3 is 2.67 bits per heavy atom. The van der Waals surface area contributed by atoms with E-state index >= 15 is 0 Å². The van der Waals surface area contributed by atoms with Crippen molar-refractivity contribution in [3.63, 3.8) is 0 Å². The van der Waals surface area contributed by atoms with E-state index in [-0.39, 0.29) is 5.82 Å². The zero-order chi connectivity index (χ0) is 16.9. The largest absolute Gasteiger partial charge is 0.355 e. The van der Waals surface area contributed by atoms with Gasteiger partial charge in [0.1, 0.15) is 5.82 Å². The number of aryl methyl sites for hydroxylation is 1. The number of hydrogen-bond acceptors (Lipinski definition) is 2. The quantitative estimate of drug-likeness (QED) is 0.568. The molecule has 3 rings (SSSR count). The fourth-order valence-corrected chi connectivity index (χ4v) is 2.97. The van der Waals surface area contributed by atoms with E-state index in [1.54, 1.807) is 20.0 Å². The van der Waals surface area contributed by atoms with Crippen molar-refractivity contribution in [2.75, 3.05) is 26.7 Å². The minimum absolute atomic E-state index is 0.155.